The number of nitrogens with zero attached hydrogens (tertiary/aromatic N) is 2. The number of rotatable bonds is 2. The molecule has 5 rings (SSSR count). The maximum absolute atomic E-state index is 13.7. The summed E-state index contributed by atoms with van der Waals surface area (Å²) in [4.78, 5) is 21.2. The molecule has 0 saturated heterocycles. The quantitative estimate of drug-likeness (QED) is 0.749. The summed E-state index contributed by atoms with van der Waals surface area (Å²) < 4.78 is 0. The lowest BCUT2D eigenvalue weighted by molar-refractivity contribution is -0.123. The first kappa shape index (κ1) is 15.6. The molecule has 5 nitrogen and oxygen atoms in total. The monoisotopic (exact) mass is 346 g/mol. The van der Waals surface area contributed by atoms with E-state index in [0.717, 1.165) is 35.4 Å². The highest BCUT2D eigenvalue weighted by Gasteiger charge is 2.55. The minimum absolute atomic E-state index is 0.0971. The third kappa shape index (κ3) is 1.90. The fourth-order valence-corrected chi connectivity index (χ4v) is 4.53. The molecule has 1 aromatic heterocycles. The fourth-order valence-electron chi connectivity index (χ4n) is 4.53. The van der Waals surface area contributed by atoms with E-state index in [1.165, 1.54) is 10.9 Å². The topological polar surface area (TPSA) is 51.4 Å². The molecule has 0 saturated carbocycles. The lowest BCUT2D eigenvalue weighted by Crippen LogP contribution is -2.55. The van der Waals surface area contributed by atoms with Crippen LogP contribution in [0.25, 0.3) is 10.9 Å². The van der Waals surface area contributed by atoms with Gasteiger partial charge >= 0.3 is 0 Å². The standard InChI is InChI=1S/C21H22N4O/c1-24(2)13-25-18-10-6-4-8-16(18)21(20(25)26)19-15(11-12-22-21)14-7-3-5-9-17(14)23-19/h3-10,22-23H,11-13H2,1-2H3/t21-/m1/s1. The van der Waals surface area contributed by atoms with Crippen molar-refractivity contribution in [1.82, 2.24) is 15.2 Å². The first-order chi connectivity index (χ1) is 12.6. The summed E-state index contributed by atoms with van der Waals surface area (Å²) in [5.74, 6) is 0.0971. The lowest BCUT2D eigenvalue weighted by Gasteiger charge is -2.34. The van der Waals surface area contributed by atoms with Crippen LogP contribution in [-0.4, -0.2) is 43.1 Å². The number of carbonyl (C=O) groups excluding carboxylic acids is 1. The van der Waals surface area contributed by atoms with Gasteiger partial charge in [0, 0.05) is 23.0 Å². The Balaban J connectivity index is 1.79. The molecular weight excluding hydrogens is 324 g/mol. The fraction of sp³-hybridized carbons (Fsp3) is 0.286. The highest BCUT2D eigenvalue weighted by atomic mass is 16.2. The van der Waals surface area contributed by atoms with Gasteiger partial charge in [0.25, 0.3) is 5.91 Å². The highest BCUT2D eigenvalue weighted by Crippen LogP contribution is 2.47. The largest absolute Gasteiger partial charge is 0.356 e. The molecule has 5 heteroatoms. The van der Waals surface area contributed by atoms with Crippen molar-refractivity contribution in [3.63, 3.8) is 0 Å². The highest BCUT2D eigenvalue weighted by molar-refractivity contribution is 6.11. The van der Waals surface area contributed by atoms with Gasteiger partial charge in [0.2, 0.25) is 0 Å². The number of aromatic amines is 1. The third-order valence-electron chi connectivity index (χ3n) is 5.54. The Labute approximate surface area is 152 Å². The molecule has 3 heterocycles. The molecule has 26 heavy (non-hydrogen) atoms. The van der Waals surface area contributed by atoms with Crippen molar-refractivity contribution in [2.24, 2.45) is 0 Å². The Morgan fingerprint density at radius 3 is 2.73 bits per heavy atom. The summed E-state index contributed by atoms with van der Waals surface area (Å²) in [6.45, 7) is 1.35. The smallest absolute Gasteiger partial charge is 0.259 e. The van der Waals surface area contributed by atoms with Crippen molar-refractivity contribution >= 4 is 22.5 Å². The van der Waals surface area contributed by atoms with Crippen LogP contribution in [0.15, 0.2) is 48.5 Å². The second-order valence-electron chi connectivity index (χ2n) is 7.42. The van der Waals surface area contributed by atoms with Gasteiger partial charge in [-0.25, -0.2) is 0 Å². The number of benzene rings is 2. The Kier molecular flexibility index (Phi) is 3.26. The molecule has 0 fully saturated rings. The molecule has 2 aliphatic rings. The first-order valence-corrected chi connectivity index (χ1v) is 9.04. The van der Waals surface area contributed by atoms with Crippen LogP contribution in [0.1, 0.15) is 16.8 Å². The van der Waals surface area contributed by atoms with E-state index in [4.69, 9.17) is 0 Å². The predicted octanol–water partition coefficient (Wildman–Crippen LogP) is 2.42. The Hall–Kier alpha value is -2.63. The average molecular weight is 346 g/mol. The van der Waals surface area contributed by atoms with Crippen LogP contribution in [0.4, 0.5) is 5.69 Å². The number of para-hydroxylation sites is 2. The molecule has 0 aliphatic carbocycles. The number of H-pyrrole nitrogens is 1. The van der Waals surface area contributed by atoms with E-state index in [2.05, 4.69) is 34.6 Å². The van der Waals surface area contributed by atoms with Crippen molar-refractivity contribution in [2.75, 3.05) is 32.2 Å². The number of aromatic nitrogens is 1. The average Bonchev–Trinajstić information content (AvgIpc) is 3.13. The van der Waals surface area contributed by atoms with Gasteiger partial charge < -0.3 is 4.98 Å². The Bertz CT molecular complexity index is 1020. The second-order valence-corrected chi connectivity index (χ2v) is 7.42. The van der Waals surface area contributed by atoms with E-state index in [-0.39, 0.29) is 5.91 Å². The number of amides is 1. The molecule has 1 spiro atoms. The maximum atomic E-state index is 13.7. The number of anilines is 1. The van der Waals surface area contributed by atoms with Crippen molar-refractivity contribution in [3.05, 3.63) is 65.4 Å². The number of hydrogen-bond acceptors (Lipinski definition) is 3. The molecule has 132 valence electrons. The molecule has 0 bridgehead atoms. The van der Waals surface area contributed by atoms with Gasteiger partial charge in [0.05, 0.1) is 18.1 Å². The van der Waals surface area contributed by atoms with Crippen LogP contribution in [0.3, 0.4) is 0 Å². The lowest BCUT2D eigenvalue weighted by atomic mass is 9.82. The van der Waals surface area contributed by atoms with Crippen LogP contribution in [0.2, 0.25) is 0 Å². The van der Waals surface area contributed by atoms with Gasteiger partial charge in [-0.05, 0) is 38.2 Å². The normalized spacial score (nSPS) is 21.7. The minimum atomic E-state index is -0.820. The van der Waals surface area contributed by atoms with Gasteiger partial charge in [-0.3, -0.25) is 19.9 Å². The summed E-state index contributed by atoms with van der Waals surface area (Å²) in [6.07, 6.45) is 0.921. The van der Waals surface area contributed by atoms with E-state index >= 15 is 0 Å². The summed E-state index contributed by atoms with van der Waals surface area (Å²) >= 11 is 0. The molecule has 2 aliphatic heterocycles. The van der Waals surface area contributed by atoms with Gasteiger partial charge in [-0.2, -0.15) is 0 Å². The Morgan fingerprint density at radius 1 is 1.12 bits per heavy atom. The SMILES string of the molecule is CN(C)CN1C(=O)[C@@]2(NCCc3c2[nH]c2ccccc32)c2ccccc21. The second kappa shape index (κ2) is 5.43. The molecule has 0 unspecified atom stereocenters. The van der Waals surface area contributed by atoms with E-state index in [1.54, 1.807) is 0 Å². The zero-order valence-electron chi connectivity index (χ0n) is 15.0. The summed E-state index contributed by atoms with van der Waals surface area (Å²) in [5, 5.41) is 4.80. The minimum Gasteiger partial charge on any atom is -0.356 e. The van der Waals surface area contributed by atoms with Crippen LogP contribution in [-0.2, 0) is 16.8 Å². The van der Waals surface area contributed by atoms with E-state index in [9.17, 15) is 4.79 Å². The van der Waals surface area contributed by atoms with Gasteiger partial charge in [-0.1, -0.05) is 36.4 Å². The molecule has 0 radical (unpaired) electrons. The van der Waals surface area contributed by atoms with Crippen LogP contribution >= 0.6 is 0 Å². The van der Waals surface area contributed by atoms with Crippen molar-refractivity contribution in [3.8, 4) is 0 Å². The molecule has 2 N–H and O–H groups in total. The number of nitrogens with one attached hydrogen (secondary N) is 2. The molecule has 1 atom stereocenters. The predicted molar refractivity (Wildman–Crippen MR) is 103 cm³/mol. The van der Waals surface area contributed by atoms with Crippen molar-refractivity contribution < 1.29 is 4.79 Å². The first-order valence-electron chi connectivity index (χ1n) is 9.04. The number of fused-ring (bicyclic) bond motifs is 6. The number of hydrogen-bond donors (Lipinski definition) is 2. The molecule has 3 aromatic rings. The molecule has 2 aromatic carbocycles. The zero-order valence-corrected chi connectivity index (χ0v) is 15.0. The maximum Gasteiger partial charge on any atom is 0.259 e. The van der Waals surface area contributed by atoms with Crippen LogP contribution in [0.5, 0.6) is 0 Å². The summed E-state index contributed by atoms with van der Waals surface area (Å²) in [5.41, 5.74) is 4.57. The zero-order chi connectivity index (χ0) is 17.9. The van der Waals surface area contributed by atoms with Crippen LogP contribution in [0, 0.1) is 0 Å². The van der Waals surface area contributed by atoms with E-state index in [1.807, 2.05) is 48.2 Å². The van der Waals surface area contributed by atoms with Crippen LogP contribution < -0.4 is 10.2 Å². The third-order valence-corrected chi connectivity index (χ3v) is 5.54. The van der Waals surface area contributed by atoms with Crippen molar-refractivity contribution in [1.29, 1.82) is 0 Å². The number of carbonyl (C=O) groups is 1. The van der Waals surface area contributed by atoms with Gasteiger partial charge in [-0.15, -0.1) is 0 Å². The molecular formula is C21H22N4O. The summed E-state index contributed by atoms with van der Waals surface area (Å²) in [7, 11) is 3.98. The van der Waals surface area contributed by atoms with Gasteiger partial charge in [0.1, 0.15) is 0 Å². The van der Waals surface area contributed by atoms with Crippen molar-refractivity contribution in [2.45, 2.75) is 12.0 Å². The van der Waals surface area contributed by atoms with E-state index in [0.29, 0.717) is 6.67 Å². The summed E-state index contributed by atoms with van der Waals surface area (Å²) in [6, 6.07) is 16.5. The Morgan fingerprint density at radius 2 is 1.88 bits per heavy atom. The van der Waals surface area contributed by atoms with Gasteiger partial charge in [0.15, 0.2) is 5.54 Å². The molecule has 1 amide bonds. The van der Waals surface area contributed by atoms with E-state index < -0.39 is 5.54 Å².